The Bertz CT molecular complexity index is 728. The van der Waals surface area contributed by atoms with Gasteiger partial charge in [-0.05, 0) is 18.2 Å². The van der Waals surface area contributed by atoms with Gasteiger partial charge in [-0.1, -0.05) is 12.1 Å². The number of hydrogen-bond acceptors (Lipinski definition) is 3. The highest BCUT2D eigenvalue weighted by atomic mass is 16.5. The van der Waals surface area contributed by atoms with Gasteiger partial charge in [0.2, 0.25) is 0 Å². The molecule has 3 heterocycles. The molecule has 0 aliphatic carbocycles. The second kappa shape index (κ2) is 4.49. The lowest BCUT2D eigenvalue weighted by molar-refractivity contribution is 0.123. The van der Waals surface area contributed by atoms with Crippen LogP contribution in [0, 0.1) is 0 Å². The number of ether oxygens (including phenoxy) is 1. The molecule has 0 unspecified atom stereocenters. The van der Waals surface area contributed by atoms with Crippen molar-refractivity contribution >= 4 is 16.6 Å². The number of morpholine rings is 1. The van der Waals surface area contributed by atoms with Crippen molar-refractivity contribution in [3.05, 3.63) is 36.5 Å². The van der Waals surface area contributed by atoms with E-state index in [0.29, 0.717) is 0 Å². The van der Waals surface area contributed by atoms with E-state index in [1.807, 2.05) is 13.2 Å². The van der Waals surface area contributed by atoms with E-state index in [1.54, 1.807) is 0 Å². The minimum Gasteiger partial charge on any atom is -0.378 e. The van der Waals surface area contributed by atoms with Crippen LogP contribution in [0.1, 0.15) is 0 Å². The van der Waals surface area contributed by atoms with E-state index >= 15 is 0 Å². The minimum atomic E-state index is 0.796. The molecular formula is C16H17N3O. The molecule has 1 saturated heterocycles. The molecule has 1 fully saturated rings. The fourth-order valence-electron chi connectivity index (χ4n) is 2.98. The number of nitrogens with zero attached hydrogens (tertiary/aromatic N) is 3. The lowest BCUT2D eigenvalue weighted by Gasteiger charge is -2.29. The third-order valence-corrected chi connectivity index (χ3v) is 4.02. The second-order valence-corrected chi connectivity index (χ2v) is 5.24. The predicted octanol–water partition coefficient (Wildman–Crippen LogP) is 2.51. The third-order valence-electron chi connectivity index (χ3n) is 4.02. The van der Waals surface area contributed by atoms with Gasteiger partial charge < -0.3 is 14.2 Å². The SMILES string of the molecule is Cn1cccc2c3cccc(N4CCOCC4)c3nc1-2. The first-order chi connectivity index (χ1) is 9.84. The van der Waals surface area contributed by atoms with Crippen LogP contribution in [0.4, 0.5) is 5.69 Å². The van der Waals surface area contributed by atoms with Gasteiger partial charge in [0.15, 0.2) is 0 Å². The highest BCUT2D eigenvalue weighted by Crippen LogP contribution is 2.35. The van der Waals surface area contributed by atoms with Gasteiger partial charge in [-0.25, -0.2) is 4.98 Å². The summed E-state index contributed by atoms with van der Waals surface area (Å²) in [5.41, 5.74) is 3.55. The summed E-state index contributed by atoms with van der Waals surface area (Å²) < 4.78 is 7.53. The van der Waals surface area contributed by atoms with Gasteiger partial charge >= 0.3 is 0 Å². The van der Waals surface area contributed by atoms with E-state index in [9.17, 15) is 0 Å². The van der Waals surface area contributed by atoms with Crippen LogP contribution in [0.25, 0.3) is 22.3 Å². The van der Waals surface area contributed by atoms with Crippen LogP contribution in [0.3, 0.4) is 0 Å². The smallest absolute Gasteiger partial charge is 0.141 e. The maximum Gasteiger partial charge on any atom is 0.141 e. The normalized spacial score (nSPS) is 16.1. The van der Waals surface area contributed by atoms with Crippen molar-refractivity contribution in [3.63, 3.8) is 0 Å². The number of pyridine rings is 1. The van der Waals surface area contributed by atoms with Crippen LogP contribution in [0.2, 0.25) is 0 Å². The molecule has 1 aromatic carbocycles. The van der Waals surface area contributed by atoms with E-state index in [1.165, 1.54) is 16.6 Å². The third kappa shape index (κ3) is 1.68. The molecule has 3 aliphatic rings. The molecular weight excluding hydrogens is 250 g/mol. The molecule has 0 radical (unpaired) electrons. The number of anilines is 1. The van der Waals surface area contributed by atoms with Gasteiger partial charge in [-0.15, -0.1) is 0 Å². The van der Waals surface area contributed by atoms with Gasteiger partial charge in [0.05, 0.1) is 24.4 Å². The standard InChI is InChI=1S/C16H17N3O/c1-18-7-3-5-13-12-4-2-6-14(15(12)17-16(13)18)19-8-10-20-11-9-19/h2-7H,8-11H2,1H3. The minimum absolute atomic E-state index is 0.796. The van der Waals surface area contributed by atoms with Crippen LogP contribution in [0.15, 0.2) is 36.5 Å². The average molecular weight is 267 g/mol. The van der Waals surface area contributed by atoms with Crippen LogP contribution < -0.4 is 4.90 Å². The Hall–Kier alpha value is -2.07. The van der Waals surface area contributed by atoms with E-state index in [-0.39, 0.29) is 0 Å². The predicted molar refractivity (Wildman–Crippen MR) is 80.4 cm³/mol. The van der Waals surface area contributed by atoms with E-state index < -0.39 is 0 Å². The van der Waals surface area contributed by atoms with Gasteiger partial charge in [-0.3, -0.25) is 0 Å². The van der Waals surface area contributed by atoms with Gasteiger partial charge in [0.25, 0.3) is 0 Å². The molecule has 1 aromatic rings. The first kappa shape index (κ1) is 11.7. The molecule has 0 atom stereocenters. The monoisotopic (exact) mass is 267 g/mol. The second-order valence-electron chi connectivity index (χ2n) is 5.24. The summed E-state index contributed by atoms with van der Waals surface area (Å²) in [4.78, 5) is 7.24. The number of hydrogen-bond donors (Lipinski definition) is 0. The van der Waals surface area contributed by atoms with Crippen LogP contribution in [-0.2, 0) is 11.8 Å². The van der Waals surface area contributed by atoms with Gasteiger partial charge in [-0.2, -0.15) is 0 Å². The average Bonchev–Trinajstić information content (AvgIpc) is 2.88. The van der Waals surface area contributed by atoms with Gasteiger partial charge in [0.1, 0.15) is 5.82 Å². The van der Waals surface area contributed by atoms with Crippen molar-refractivity contribution in [2.24, 2.45) is 7.05 Å². The molecule has 0 aromatic heterocycles. The molecule has 20 heavy (non-hydrogen) atoms. The molecule has 0 amide bonds. The van der Waals surface area contributed by atoms with Gasteiger partial charge in [0, 0.05) is 37.3 Å². The lowest BCUT2D eigenvalue weighted by atomic mass is 10.1. The van der Waals surface area contributed by atoms with Crippen molar-refractivity contribution in [2.75, 3.05) is 31.2 Å². The van der Waals surface area contributed by atoms with Crippen LogP contribution >= 0.6 is 0 Å². The zero-order valence-electron chi connectivity index (χ0n) is 11.5. The van der Waals surface area contributed by atoms with Crippen LogP contribution in [-0.4, -0.2) is 35.9 Å². The summed E-state index contributed by atoms with van der Waals surface area (Å²) in [6.07, 6.45) is 2.04. The lowest BCUT2D eigenvalue weighted by Crippen LogP contribution is -2.36. The maximum atomic E-state index is 5.45. The molecule has 0 bridgehead atoms. The Kier molecular flexibility index (Phi) is 2.63. The molecule has 4 heteroatoms. The summed E-state index contributed by atoms with van der Waals surface area (Å²) in [5.74, 6) is 1.04. The van der Waals surface area contributed by atoms with Crippen LogP contribution in [0.5, 0.6) is 0 Å². The summed E-state index contributed by atoms with van der Waals surface area (Å²) in [6.45, 7) is 3.47. The zero-order valence-corrected chi connectivity index (χ0v) is 11.5. The number of para-hydroxylation sites is 1. The number of aromatic nitrogens is 2. The molecule has 102 valence electrons. The number of fused-ring (bicyclic) bond motifs is 3. The van der Waals surface area contributed by atoms with E-state index in [0.717, 1.165) is 37.6 Å². The Balaban J connectivity index is 1.95. The van der Waals surface area contributed by atoms with Crippen molar-refractivity contribution in [1.29, 1.82) is 0 Å². The summed E-state index contributed by atoms with van der Waals surface area (Å²) in [7, 11) is 2.04. The topological polar surface area (TPSA) is 30.3 Å². The Morgan fingerprint density at radius 1 is 1.10 bits per heavy atom. The van der Waals surface area contributed by atoms with Crippen molar-refractivity contribution < 1.29 is 4.74 Å². The van der Waals surface area contributed by atoms with Crippen molar-refractivity contribution in [3.8, 4) is 11.4 Å². The number of benzene rings is 1. The fourth-order valence-corrected chi connectivity index (χ4v) is 2.98. The molecule has 4 rings (SSSR count). The molecule has 4 nitrogen and oxygen atoms in total. The Morgan fingerprint density at radius 2 is 1.95 bits per heavy atom. The molecule has 0 N–H and O–H groups in total. The summed E-state index contributed by atoms with van der Waals surface area (Å²) in [5, 5.41) is 1.24. The quantitative estimate of drug-likeness (QED) is 0.678. The zero-order chi connectivity index (χ0) is 13.5. The maximum absolute atomic E-state index is 5.45. The highest BCUT2D eigenvalue weighted by Gasteiger charge is 2.19. The Labute approximate surface area is 117 Å². The summed E-state index contributed by atoms with van der Waals surface area (Å²) in [6, 6.07) is 10.7. The molecule has 0 spiro atoms. The number of aryl methyl sites for hydroxylation is 1. The van der Waals surface area contributed by atoms with E-state index in [4.69, 9.17) is 9.72 Å². The Morgan fingerprint density at radius 3 is 2.80 bits per heavy atom. The highest BCUT2D eigenvalue weighted by molar-refractivity contribution is 6.02. The number of rotatable bonds is 1. The first-order valence-electron chi connectivity index (χ1n) is 7.01. The summed E-state index contributed by atoms with van der Waals surface area (Å²) >= 11 is 0. The first-order valence-corrected chi connectivity index (χ1v) is 7.01. The van der Waals surface area contributed by atoms with E-state index in [2.05, 4.69) is 39.8 Å². The molecule has 0 saturated carbocycles. The fraction of sp³-hybridized carbons (Fsp3) is 0.312. The molecule has 3 aliphatic heterocycles. The largest absolute Gasteiger partial charge is 0.378 e. The van der Waals surface area contributed by atoms with Crippen molar-refractivity contribution in [2.45, 2.75) is 0 Å². The van der Waals surface area contributed by atoms with Crippen molar-refractivity contribution in [1.82, 2.24) is 9.55 Å².